The molecule has 2 fully saturated rings. The number of benzene rings is 1. The zero-order chi connectivity index (χ0) is 18.9. The molecule has 0 amide bonds. The lowest BCUT2D eigenvalue weighted by Crippen LogP contribution is -2.54. The molecule has 0 unspecified atom stereocenters. The van der Waals surface area contributed by atoms with Crippen molar-refractivity contribution in [1.29, 1.82) is 0 Å². The molecule has 27 heavy (non-hydrogen) atoms. The van der Waals surface area contributed by atoms with Crippen LogP contribution in [0.15, 0.2) is 24.3 Å². The van der Waals surface area contributed by atoms with Gasteiger partial charge in [-0.05, 0) is 42.9 Å². The van der Waals surface area contributed by atoms with Crippen molar-refractivity contribution in [3.05, 3.63) is 29.8 Å². The van der Waals surface area contributed by atoms with Gasteiger partial charge in [-0.2, -0.15) is 0 Å². The quantitative estimate of drug-likeness (QED) is 0.694. The summed E-state index contributed by atoms with van der Waals surface area (Å²) in [5.41, 5.74) is 1.24. The monoisotopic (exact) mass is 376 g/mol. The van der Waals surface area contributed by atoms with Crippen molar-refractivity contribution in [2.75, 3.05) is 46.0 Å². The van der Waals surface area contributed by atoms with Gasteiger partial charge in [-0.15, -0.1) is 0 Å². The normalized spacial score (nSPS) is 22.8. The molecular weight excluding hydrogens is 340 g/mol. The van der Waals surface area contributed by atoms with Crippen LogP contribution in [-0.4, -0.2) is 72.1 Å². The van der Waals surface area contributed by atoms with E-state index in [1.54, 1.807) is 0 Å². The fourth-order valence-corrected chi connectivity index (χ4v) is 4.62. The van der Waals surface area contributed by atoms with Crippen LogP contribution in [0.5, 0.6) is 5.75 Å². The van der Waals surface area contributed by atoms with Crippen LogP contribution < -0.4 is 4.74 Å². The fraction of sp³-hybridized carbons (Fsp3) is 0.727. The number of aliphatic hydroxyl groups excluding tert-OH is 2. The highest BCUT2D eigenvalue weighted by Crippen LogP contribution is 2.27. The first-order chi connectivity index (χ1) is 13.3. The summed E-state index contributed by atoms with van der Waals surface area (Å²) in [7, 11) is 0. The van der Waals surface area contributed by atoms with Crippen molar-refractivity contribution in [3.63, 3.8) is 0 Å². The summed E-state index contributed by atoms with van der Waals surface area (Å²) in [5, 5.41) is 18.5. The second kappa shape index (κ2) is 11.0. The molecule has 3 rings (SSSR count). The zero-order valence-corrected chi connectivity index (χ0v) is 16.6. The largest absolute Gasteiger partial charge is 0.491 e. The molecule has 1 saturated heterocycles. The molecular formula is C22H36N2O3. The Kier molecular flexibility index (Phi) is 8.39. The maximum absolute atomic E-state index is 9.55. The fourth-order valence-electron chi connectivity index (χ4n) is 4.62. The lowest BCUT2D eigenvalue weighted by molar-refractivity contribution is 0.0400. The van der Waals surface area contributed by atoms with Gasteiger partial charge in [0.1, 0.15) is 12.4 Å². The van der Waals surface area contributed by atoms with Crippen LogP contribution in [0.4, 0.5) is 0 Å². The minimum atomic E-state index is 0.0377. The van der Waals surface area contributed by atoms with Crippen LogP contribution >= 0.6 is 0 Å². The first kappa shape index (κ1) is 20.6. The molecule has 5 nitrogen and oxygen atoms in total. The summed E-state index contributed by atoms with van der Waals surface area (Å²) in [6.07, 6.45) is 7.82. The van der Waals surface area contributed by atoms with Crippen molar-refractivity contribution in [1.82, 2.24) is 9.80 Å². The van der Waals surface area contributed by atoms with Crippen molar-refractivity contribution in [3.8, 4) is 5.75 Å². The van der Waals surface area contributed by atoms with Crippen molar-refractivity contribution < 1.29 is 14.9 Å². The van der Waals surface area contributed by atoms with E-state index in [1.165, 1.54) is 44.2 Å². The Morgan fingerprint density at radius 3 is 2.67 bits per heavy atom. The number of hydrogen-bond donors (Lipinski definition) is 2. The predicted molar refractivity (Wildman–Crippen MR) is 108 cm³/mol. The van der Waals surface area contributed by atoms with E-state index in [2.05, 4.69) is 21.9 Å². The van der Waals surface area contributed by atoms with E-state index in [4.69, 9.17) is 9.84 Å². The minimum absolute atomic E-state index is 0.0377. The predicted octanol–water partition coefficient (Wildman–Crippen LogP) is 2.51. The number of rotatable bonds is 9. The number of hydrogen-bond acceptors (Lipinski definition) is 5. The average molecular weight is 377 g/mol. The molecule has 0 radical (unpaired) electrons. The van der Waals surface area contributed by atoms with E-state index >= 15 is 0 Å². The van der Waals surface area contributed by atoms with E-state index in [1.807, 2.05) is 12.1 Å². The van der Waals surface area contributed by atoms with E-state index < -0.39 is 0 Å². The highest BCUT2D eigenvalue weighted by Gasteiger charge is 2.28. The molecule has 1 aromatic carbocycles. The molecule has 1 aromatic rings. The van der Waals surface area contributed by atoms with Crippen LogP contribution in [0.25, 0.3) is 0 Å². The zero-order valence-electron chi connectivity index (χ0n) is 16.6. The molecule has 1 heterocycles. The van der Waals surface area contributed by atoms with E-state index in [-0.39, 0.29) is 13.2 Å². The Balaban J connectivity index is 1.54. The van der Waals surface area contributed by atoms with E-state index in [0.29, 0.717) is 12.6 Å². The molecule has 2 N–H and O–H groups in total. The highest BCUT2D eigenvalue weighted by molar-refractivity contribution is 5.28. The molecule has 152 valence electrons. The SMILES string of the molecule is OCCOc1cccc(CN2CCN(CC3CCCCC3)[C@@H](CCO)C2)c1. The smallest absolute Gasteiger partial charge is 0.119 e. The molecule has 0 spiro atoms. The molecule has 1 aliphatic carbocycles. The number of ether oxygens (including phenoxy) is 1. The van der Waals surface area contributed by atoms with Gasteiger partial charge in [-0.1, -0.05) is 31.4 Å². The summed E-state index contributed by atoms with van der Waals surface area (Å²) in [6.45, 7) is 5.97. The summed E-state index contributed by atoms with van der Waals surface area (Å²) in [5.74, 6) is 1.68. The summed E-state index contributed by atoms with van der Waals surface area (Å²) in [6, 6.07) is 8.63. The Morgan fingerprint density at radius 2 is 1.89 bits per heavy atom. The topological polar surface area (TPSA) is 56.2 Å². The second-order valence-electron chi connectivity index (χ2n) is 8.12. The molecule has 1 aliphatic heterocycles. The average Bonchev–Trinajstić information content (AvgIpc) is 2.70. The Morgan fingerprint density at radius 1 is 1.04 bits per heavy atom. The molecule has 1 atom stereocenters. The summed E-state index contributed by atoms with van der Waals surface area (Å²) in [4.78, 5) is 5.15. The van der Waals surface area contributed by atoms with Gasteiger partial charge in [0, 0.05) is 45.4 Å². The first-order valence-electron chi connectivity index (χ1n) is 10.7. The Labute approximate surface area is 163 Å². The van der Waals surface area contributed by atoms with Gasteiger partial charge in [0.05, 0.1) is 6.61 Å². The third kappa shape index (κ3) is 6.46. The lowest BCUT2D eigenvalue weighted by Gasteiger charge is -2.43. The first-order valence-corrected chi connectivity index (χ1v) is 10.7. The van der Waals surface area contributed by atoms with Gasteiger partial charge in [0.25, 0.3) is 0 Å². The van der Waals surface area contributed by atoms with E-state index in [0.717, 1.165) is 44.3 Å². The Hall–Kier alpha value is -1.14. The molecule has 0 aromatic heterocycles. The van der Waals surface area contributed by atoms with Gasteiger partial charge in [-0.3, -0.25) is 9.80 Å². The van der Waals surface area contributed by atoms with Crippen molar-refractivity contribution >= 4 is 0 Å². The maximum Gasteiger partial charge on any atom is 0.119 e. The minimum Gasteiger partial charge on any atom is -0.491 e. The third-order valence-corrected chi connectivity index (χ3v) is 6.03. The van der Waals surface area contributed by atoms with Gasteiger partial charge < -0.3 is 14.9 Å². The van der Waals surface area contributed by atoms with Crippen LogP contribution in [-0.2, 0) is 6.54 Å². The molecule has 2 aliphatic rings. The summed E-state index contributed by atoms with van der Waals surface area (Å²) < 4.78 is 5.54. The van der Waals surface area contributed by atoms with Crippen molar-refractivity contribution in [2.24, 2.45) is 5.92 Å². The summed E-state index contributed by atoms with van der Waals surface area (Å²) >= 11 is 0. The van der Waals surface area contributed by atoms with Crippen molar-refractivity contribution in [2.45, 2.75) is 51.1 Å². The molecule has 5 heteroatoms. The standard InChI is InChI=1S/C22H36N2O3/c25-12-9-21-18-23(10-11-24(21)17-19-5-2-1-3-6-19)16-20-7-4-8-22(15-20)27-14-13-26/h4,7-8,15,19,21,25-26H,1-3,5-6,9-14,16-18H2/t21-/m0/s1. The lowest BCUT2D eigenvalue weighted by atomic mass is 9.88. The molecule has 0 bridgehead atoms. The van der Waals surface area contributed by atoms with Crippen LogP contribution in [0.2, 0.25) is 0 Å². The third-order valence-electron chi connectivity index (χ3n) is 6.03. The highest BCUT2D eigenvalue weighted by atomic mass is 16.5. The Bertz CT molecular complexity index is 548. The van der Waals surface area contributed by atoms with Crippen LogP contribution in [0, 0.1) is 5.92 Å². The molecule has 1 saturated carbocycles. The van der Waals surface area contributed by atoms with Gasteiger partial charge >= 0.3 is 0 Å². The number of aliphatic hydroxyl groups is 2. The van der Waals surface area contributed by atoms with E-state index in [9.17, 15) is 5.11 Å². The van der Waals surface area contributed by atoms with Crippen LogP contribution in [0.1, 0.15) is 44.1 Å². The van der Waals surface area contributed by atoms with Gasteiger partial charge in [0.15, 0.2) is 0 Å². The second-order valence-corrected chi connectivity index (χ2v) is 8.12. The van der Waals surface area contributed by atoms with Gasteiger partial charge in [0.2, 0.25) is 0 Å². The van der Waals surface area contributed by atoms with Crippen LogP contribution in [0.3, 0.4) is 0 Å². The number of nitrogens with zero attached hydrogens (tertiary/aromatic N) is 2. The number of piperazine rings is 1. The maximum atomic E-state index is 9.55. The van der Waals surface area contributed by atoms with Gasteiger partial charge in [-0.25, -0.2) is 0 Å².